The van der Waals surface area contributed by atoms with Crippen LogP contribution in [0.15, 0.2) is 24.3 Å². The van der Waals surface area contributed by atoms with Crippen LogP contribution in [0.1, 0.15) is 79.9 Å². The van der Waals surface area contributed by atoms with E-state index in [4.69, 9.17) is 9.57 Å². The van der Waals surface area contributed by atoms with Crippen LogP contribution in [0.2, 0.25) is 0 Å². The molecule has 1 heterocycles. The monoisotopic (exact) mass is 315 g/mol. The van der Waals surface area contributed by atoms with Crippen LogP contribution in [0.5, 0.6) is 0 Å². The van der Waals surface area contributed by atoms with E-state index in [1.165, 1.54) is 37.2 Å². The standard InChI is InChI=1S/C19H25NO3/c21-18-16-12-6-7-13-17(16)19(22-14-8-2-1-3-9-14)20(18)23-15-10-4-5-11-15/h6-7,12-15,19H,1-5,8-11H2. The molecule has 2 saturated carbocycles. The SMILES string of the molecule is O=C1c2ccccc2C(OC2CCCCC2)N1OC1CCCC1. The van der Waals surface area contributed by atoms with Gasteiger partial charge >= 0.3 is 0 Å². The zero-order valence-corrected chi connectivity index (χ0v) is 13.6. The molecule has 1 aromatic rings. The maximum absolute atomic E-state index is 12.8. The molecule has 124 valence electrons. The molecule has 0 spiro atoms. The van der Waals surface area contributed by atoms with Crippen LogP contribution in [0.25, 0.3) is 0 Å². The normalized spacial score (nSPS) is 26.0. The average Bonchev–Trinajstić information content (AvgIpc) is 3.19. The van der Waals surface area contributed by atoms with E-state index in [0.717, 1.165) is 36.8 Å². The van der Waals surface area contributed by atoms with Crippen molar-refractivity contribution in [3.8, 4) is 0 Å². The summed E-state index contributed by atoms with van der Waals surface area (Å²) in [6, 6.07) is 7.77. The molecule has 2 aliphatic carbocycles. The molecule has 1 unspecified atom stereocenters. The van der Waals surface area contributed by atoms with Crippen LogP contribution in [-0.4, -0.2) is 23.2 Å². The predicted octanol–water partition coefficient (Wildman–Crippen LogP) is 4.36. The van der Waals surface area contributed by atoms with Crippen LogP contribution in [-0.2, 0) is 9.57 Å². The Labute approximate surface area is 137 Å². The van der Waals surface area contributed by atoms with Crippen LogP contribution in [0.3, 0.4) is 0 Å². The number of hydrogen-bond acceptors (Lipinski definition) is 3. The fourth-order valence-corrected chi connectivity index (χ4v) is 4.03. The number of carbonyl (C=O) groups is 1. The smallest absolute Gasteiger partial charge is 0.280 e. The summed E-state index contributed by atoms with van der Waals surface area (Å²) in [6.07, 6.45) is 10.4. The maximum Gasteiger partial charge on any atom is 0.280 e. The summed E-state index contributed by atoms with van der Waals surface area (Å²) in [6.45, 7) is 0. The van der Waals surface area contributed by atoms with Crippen molar-refractivity contribution < 1.29 is 14.4 Å². The van der Waals surface area contributed by atoms with Gasteiger partial charge < -0.3 is 4.74 Å². The van der Waals surface area contributed by atoms with Crippen molar-refractivity contribution in [1.82, 2.24) is 5.06 Å². The predicted molar refractivity (Wildman–Crippen MR) is 86.7 cm³/mol. The van der Waals surface area contributed by atoms with Crippen molar-refractivity contribution >= 4 is 5.91 Å². The quantitative estimate of drug-likeness (QED) is 0.828. The Bertz CT molecular complexity index is 561. The largest absolute Gasteiger partial charge is 0.348 e. The summed E-state index contributed by atoms with van der Waals surface area (Å²) in [5.41, 5.74) is 1.69. The highest BCUT2D eigenvalue weighted by molar-refractivity contribution is 5.98. The van der Waals surface area contributed by atoms with Crippen molar-refractivity contribution in [2.75, 3.05) is 0 Å². The number of nitrogens with zero attached hydrogens (tertiary/aromatic N) is 1. The van der Waals surface area contributed by atoms with E-state index in [1.807, 2.05) is 24.3 Å². The summed E-state index contributed by atoms with van der Waals surface area (Å²) in [4.78, 5) is 18.8. The first-order valence-corrected chi connectivity index (χ1v) is 9.07. The fourth-order valence-electron chi connectivity index (χ4n) is 4.03. The molecule has 4 nitrogen and oxygen atoms in total. The molecule has 1 amide bonds. The molecular weight excluding hydrogens is 290 g/mol. The molecule has 0 saturated heterocycles. The first-order chi connectivity index (χ1) is 11.3. The van der Waals surface area contributed by atoms with E-state index in [1.54, 1.807) is 0 Å². The van der Waals surface area contributed by atoms with Gasteiger partial charge in [0, 0.05) is 11.1 Å². The third kappa shape index (κ3) is 3.02. The Balaban J connectivity index is 1.56. The summed E-state index contributed by atoms with van der Waals surface area (Å²) >= 11 is 0. The van der Waals surface area contributed by atoms with Gasteiger partial charge in [-0.1, -0.05) is 50.3 Å². The van der Waals surface area contributed by atoms with Crippen molar-refractivity contribution in [2.45, 2.75) is 76.2 Å². The Kier molecular flexibility index (Phi) is 4.36. The van der Waals surface area contributed by atoms with Crippen LogP contribution in [0, 0.1) is 0 Å². The molecule has 4 heteroatoms. The molecule has 0 N–H and O–H groups in total. The maximum atomic E-state index is 12.8. The van der Waals surface area contributed by atoms with Gasteiger partial charge in [0.25, 0.3) is 5.91 Å². The molecule has 1 aromatic carbocycles. The molecular formula is C19H25NO3. The van der Waals surface area contributed by atoms with E-state index >= 15 is 0 Å². The molecule has 0 bridgehead atoms. The number of fused-ring (bicyclic) bond motifs is 1. The molecule has 23 heavy (non-hydrogen) atoms. The van der Waals surface area contributed by atoms with E-state index in [9.17, 15) is 4.79 Å². The lowest BCUT2D eigenvalue weighted by Gasteiger charge is -2.31. The van der Waals surface area contributed by atoms with Crippen LogP contribution in [0.4, 0.5) is 0 Å². The van der Waals surface area contributed by atoms with Crippen molar-refractivity contribution in [2.24, 2.45) is 0 Å². The highest BCUT2D eigenvalue weighted by Gasteiger charge is 2.41. The minimum Gasteiger partial charge on any atom is -0.348 e. The summed E-state index contributed by atoms with van der Waals surface area (Å²) in [5.74, 6) is -0.0479. The average molecular weight is 315 g/mol. The van der Waals surface area contributed by atoms with Gasteiger partial charge in [0.2, 0.25) is 0 Å². The zero-order chi connectivity index (χ0) is 15.6. The molecule has 0 aromatic heterocycles. The number of ether oxygens (including phenoxy) is 1. The van der Waals surface area contributed by atoms with Gasteiger partial charge in [0.05, 0.1) is 12.2 Å². The Hall–Kier alpha value is -1.39. The van der Waals surface area contributed by atoms with E-state index < -0.39 is 0 Å². The molecule has 2 fully saturated rings. The van der Waals surface area contributed by atoms with Gasteiger partial charge in [-0.15, -0.1) is 0 Å². The van der Waals surface area contributed by atoms with Gasteiger partial charge in [-0.25, -0.2) is 0 Å². The molecule has 0 radical (unpaired) electrons. The number of hydrogen-bond donors (Lipinski definition) is 0. The first kappa shape index (κ1) is 15.2. The number of amides is 1. The van der Waals surface area contributed by atoms with Gasteiger partial charge in [0.1, 0.15) is 0 Å². The lowest BCUT2D eigenvalue weighted by molar-refractivity contribution is -0.252. The summed E-state index contributed by atoms with van der Waals surface area (Å²) in [5, 5.41) is 1.52. The lowest BCUT2D eigenvalue weighted by atomic mass is 9.97. The van der Waals surface area contributed by atoms with Crippen molar-refractivity contribution in [3.05, 3.63) is 35.4 Å². The second kappa shape index (κ2) is 6.62. The minimum atomic E-state index is -0.373. The first-order valence-electron chi connectivity index (χ1n) is 9.07. The summed E-state index contributed by atoms with van der Waals surface area (Å²) < 4.78 is 6.35. The van der Waals surface area contributed by atoms with Gasteiger partial charge in [-0.3, -0.25) is 9.63 Å². The van der Waals surface area contributed by atoms with E-state index in [0.29, 0.717) is 0 Å². The van der Waals surface area contributed by atoms with Crippen LogP contribution < -0.4 is 0 Å². The highest BCUT2D eigenvalue weighted by atomic mass is 16.7. The Morgan fingerprint density at radius 1 is 0.870 bits per heavy atom. The molecule has 1 aliphatic heterocycles. The highest BCUT2D eigenvalue weighted by Crippen LogP contribution is 2.39. The molecule has 1 atom stereocenters. The Morgan fingerprint density at radius 2 is 1.52 bits per heavy atom. The molecule has 4 rings (SSSR count). The second-order valence-electron chi connectivity index (χ2n) is 6.98. The molecule has 3 aliphatic rings. The fraction of sp³-hybridized carbons (Fsp3) is 0.632. The van der Waals surface area contributed by atoms with E-state index in [2.05, 4.69) is 0 Å². The van der Waals surface area contributed by atoms with Crippen molar-refractivity contribution in [1.29, 1.82) is 0 Å². The number of benzene rings is 1. The summed E-state index contributed by atoms with van der Waals surface area (Å²) in [7, 11) is 0. The van der Waals surface area contributed by atoms with Crippen molar-refractivity contribution in [3.63, 3.8) is 0 Å². The topological polar surface area (TPSA) is 38.8 Å². The number of carbonyl (C=O) groups excluding carboxylic acids is 1. The number of hydroxylamine groups is 2. The third-order valence-electron chi connectivity index (χ3n) is 5.31. The van der Waals surface area contributed by atoms with Gasteiger partial charge in [-0.05, 0) is 31.7 Å². The van der Waals surface area contributed by atoms with Gasteiger partial charge in [-0.2, -0.15) is 5.06 Å². The third-order valence-corrected chi connectivity index (χ3v) is 5.31. The minimum absolute atomic E-state index is 0.0479. The van der Waals surface area contributed by atoms with Crippen LogP contribution >= 0.6 is 0 Å². The lowest BCUT2D eigenvalue weighted by Crippen LogP contribution is -2.35. The number of rotatable bonds is 4. The second-order valence-corrected chi connectivity index (χ2v) is 6.98. The van der Waals surface area contributed by atoms with E-state index in [-0.39, 0.29) is 24.3 Å². The Morgan fingerprint density at radius 3 is 2.30 bits per heavy atom. The zero-order valence-electron chi connectivity index (χ0n) is 13.6. The van der Waals surface area contributed by atoms with Gasteiger partial charge in [0.15, 0.2) is 6.23 Å².